The summed E-state index contributed by atoms with van der Waals surface area (Å²) in [5.41, 5.74) is 0.965. The Bertz CT molecular complexity index is 510. The first-order valence-corrected chi connectivity index (χ1v) is 7.94. The van der Waals surface area contributed by atoms with Gasteiger partial charge in [-0.3, -0.25) is 0 Å². The molecule has 0 amide bonds. The van der Waals surface area contributed by atoms with Crippen molar-refractivity contribution in [3.63, 3.8) is 0 Å². The number of aromatic nitrogens is 2. The van der Waals surface area contributed by atoms with Crippen LogP contribution in [0, 0.1) is 0 Å². The van der Waals surface area contributed by atoms with Crippen molar-refractivity contribution in [2.75, 3.05) is 0 Å². The summed E-state index contributed by atoms with van der Waals surface area (Å²) in [6, 6.07) is 10.4. The van der Waals surface area contributed by atoms with Gasteiger partial charge in [0, 0.05) is 11.6 Å². The molecule has 4 heteroatoms. The van der Waals surface area contributed by atoms with Crippen molar-refractivity contribution in [3.8, 4) is 11.5 Å². The fourth-order valence-electron chi connectivity index (χ4n) is 2.40. The highest BCUT2D eigenvalue weighted by Crippen LogP contribution is 2.17. The van der Waals surface area contributed by atoms with Gasteiger partial charge in [0.05, 0.1) is 6.54 Å². The highest BCUT2D eigenvalue weighted by molar-refractivity contribution is 5.51. The van der Waals surface area contributed by atoms with Crippen molar-refractivity contribution in [1.29, 1.82) is 0 Å². The van der Waals surface area contributed by atoms with Crippen LogP contribution in [0.4, 0.5) is 0 Å². The van der Waals surface area contributed by atoms with Gasteiger partial charge in [0.2, 0.25) is 11.8 Å². The molecule has 21 heavy (non-hydrogen) atoms. The molecule has 1 N–H and O–H groups in total. The van der Waals surface area contributed by atoms with Crippen LogP contribution in [0.2, 0.25) is 0 Å². The summed E-state index contributed by atoms with van der Waals surface area (Å²) in [4.78, 5) is 0. The van der Waals surface area contributed by atoms with E-state index >= 15 is 0 Å². The van der Waals surface area contributed by atoms with Crippen LogP contribution in [0.5, 0.6) is 0 Å². The van der Waals surface area contributed by atoms with Crippen LogP contribution in [0.25, 0.3) is 11.5 Å². The summed E-state index contributed by atoms with van der Waals surface area (Å²) in [6.07, 6.45) is 6.10. The highest BCUT2D eigenvalue weighted by atomic mass is 16.4. The van der Waals surface area contributed by atoms with Gasteiger partial charge in [0.1, 0.15) is 0 Å². The van der Waals surface area contributed by atoms with Crippen molar-refractivity contribution in [2.45, 2.75) is 58.5 Å². The topological polar surface area (TPSA) is 51.0 Å². The molecule has 0 bridgehead atoms. The van der Waals surface area contributed by atoms with Crippen molar-refractivity contribution in [2.24, 2.45) is 0 Å². The van der Waals surface area contributed by atoms with Gasteiger partial charge < -0.3 is 9.73 Å². The summed E-state index contributed by atoms with van der Waals surface area (Å²) >= 11 is 0. The minimum Gasteiger partial charge on any atom is -0.419 e. The molecule has 0 aliphatic rings. The molecule has 2 rings (SSSR count). The van der Waals surface area contributed by atoms with E-state index in [2.05, 4.69) is 29.4 Å². The molecule has 1 atom stereocenters. The number of hydrogen-bond acceptors (Lipinski definition) is 4. The van der Waals surface area contributed by atoms with Crippen molar-refractivity contribution >= 4 is 0 Å². The van der Waals surface area contributed by atoms with E-state index in [1.807, 2.05) is 30.3 Å². The zero-order chi connectivity index (χ0) is 14.9. The van der Waals surface area contributed by atoms with Crippen LogP contribution in [0.1, 0.15) is 51.8 Å². The van der Waals surface area contributed by atoms with E-state index in [0.717, 1.165) is 5.56 Å². The third-order valence-electron chi connectivity index (χ3n) is 3.57. The first-order chi connectivity index (χ1) is 10.3. The summed E-state index contributed by atoms with van der Waals surface area (Å²) in [5.74, 6) is 1.25. The maximum Gasteiger partial charge on any atom is 0.247 e. The van der Waals surface area contributed by atoms with Crippen molar-refractivity contribution in [1.82, 2.24) is 15.5 Å². The number of benzene rings is 1. The van der Waals surface area contributed by atoms with Crippen LogP contribution in [-0.2, 0) is 6.54 Å². The Balaban J connectivity index is 1.89. The smallest absolute Gasteiger partial charge is 0.247 e. The minimum atomic E-state index is 0.544. The molecule has 1 aromatic heterocycles. The number of nitrogens with one attached hydrogen (secondary N) is 1. The zero-order valence-electron chi connectivity index (χ0n) is 13.0. The van der Waals surface area contributed by atoms with Gasteiger partial charge in [-0.25, -0.2) is 0 Å². The van der Waals surface area contributed by atoms with E-state index in [1.165, 1.54) is 32.1 Å². The average molecular weight is 287 g/mol. The van der Waals surface area contributed by atoms with Gasteiger partial charge in [0.15, 0.2) is 0 Å². The molecule has 0 saturated heterocycles. The van der Waals surface area contributed by atoms with Crippen LogP contribution in [0.3, 0.4) is 0 Å². The van der Waals surface area contributed by atoms with Gasteiger partial charge in [-0.1, -0.05) is 51.3 Å². The summed E-state index contributed by atoms with van der Waals surface area (Å²) in [7, 11) is 0. The van der Waals surface area contributed by atoms with Gasteiger partial charge in [-0.05, 0) is 25.0 Å². The zero-order valence-corrected chi connectivity index (χ0v) is 13.0. The van der Waals surface area contributed by atoms with Crippen LogP contribution in [0.15, 0.2) is 34.7 Å². The molecule has 0 spiro atoms. The molecule has 1 unspecified atom stereocenters. The lowest BCUT2D eigenvalue weighted by atomic mass is 10.1. The Morgan fingerprint density at radius 1 is 1.05 bits per heavy atom. The Morgan fingerprint density at radius 3 is 2.57 bits per heavy atom. The van der Waals surface area contributed by atoms with Crippen LogP contribution in [-0.4, -0.2) is 16.2 Å². The Morgan fingerprint density at radius 2 is 1.86 bits per heavy atom. The number of hydrogen-bond donors (Lipinski definition) is 1. The average Bonchev–Trinajstić information content (AvgIpc) is 3.00. The normalized spacial score (nSPS) is 12.5. The maximum atomic E-state index is 5.72. The monoisotopic (exact) mass is 287 g/mol. The van der Waals surface area contributed by atoms with Crippen molar-refractivity contribution in [3.05, 3.63) is 36.2 Å². The standard InChI is InChI=1S/C17H25N3O/c1-3-5-12-15(9-4-2)18-13-16-19-20-17(21-16)14-10-7-6-8-11-14/h6-8,10-11,15,18H,3-5,9,12-13H2,1-2H3. The largest absolute Gasteiger partial charge is 0.419 e. The molecule has 2 aromatic rings. The molecule has 4 nitrogen and oxygen atoms in total. The number of nitrogens with zero attached hydrogens (tertiary/aromatic N) is 2. The van der Waals surface area contributed by atoms with E-state index in [0.29, 0.717) is 24.4 Å². The predicted molar refractivity (Wildman–Crippen MR) is 84.8 cm³/mol. The Labute approximate surface area is 127 Å². The van der Waals surface area contributed by atoms with E-state index < -0.39 is 0 Å². The second-order valence-electron chi connectivity index (χ2n) is 5.38. The summed E-state index contributed by atoms with van der Waals surface area (Å²) < 4.78 is 5.72. The third-order valence-corrected chi connectivity index (χ3v) is 3.57. The summed E-state index contributed by atoms with van der Waals surface area (Å²) in [5, 5.41) is 11.8. The van der Waals surface area contributed by atoms with Crippen LogP contribution < -0.4 is 5.32 Å². The molecule has 0 aliphatic heterocycles. The van der Waals surface area contributed by atoms with E-state index in [4.69, 9.17) is 4.42 Å². The van der Waals surface area contributed by atoms with Crippen LogP contribution >= 0.6 is 0 Å². The fourth-order valence-corrected chi connectivity index (χ4v) is 2.40. The molecule has 114 valence electrons. The molecule has 0 saturated carbocycles. The molecule has 0 radical (unpaired) electrons. The first-order valence-electron chi connectivity index (χ1n) is 7.94. The molecule has 1 heterocycles. The lowest BCUT2D eigenvalue weighted by molar-refractivity contribution is 0.397. The second-order valence-corrected chi connectivity index (χ2v) is 5.38. The number of rotatable bonds is 9. The lowest BCUT2D eigenvalue weighted by Gasteiger charge is -2.16. The Kier molecular flexibility index (Phi) is 6.41. The fraction of sp³-hybridized carbons (Fsp3) is 0.529. The summed E-state index contributed by atoms with van der Waals surface area (Å²) in [6.45, 7) is 5.10. The van der Waals surface area contributed by atoms with E-state index in [-0.39, 0.29) is 0 Å². The van der Waals surface area contributed by atoms with Crippen molar-refractivity contribution < 1.29 is 4.42 Å². The highest BCUT2D eigenvalue weighted by Gasteiger charge is 2.11. The number of unbranched alkanes of at least 4 members (excludes halogenated alkanes) is 1. The Hall–Kier alpha value is -1.68. The molecule has 1 aromatic carbocycles. The molecular weight excluding hydrogens is 262 g/mol. The first kappa shape index (κ1) is 15.7. The molecule has 0 aliphatic carbocycles. The van der Waals surface area contributed by atoms with Gasteiger partial charge in [-0.2, -0.15) is 0 Å². The molecular formula is C17H25N3O. The lowest BCUT2D eigenvalue weighted by Crippen LogP contribution is -2.28. The minimum absolute atomic E-state index is 0.544. The van der Waals surface area contributed by atoms with E-state index in [9.17, 15) is 0 Å². The van der Waals surface area contributed by atoms with Gasteiger partial charge >= 0.3 is 0 Å². The van der Waals surface area contributed by atoms with Gasteiger partial charge in [0.25, 0.3) is 0 Å². The maximum absolute atomic E-state index is 5.72. The molecule has 0 fully saturated rings. The quantitative estimate of drug-likeness (QED) is 0.751. The third kappa shape index (κ3) is 4.97. The SMILES string of the molecule is CCCCC(CCC)NCc1nnc(-c2ccccc2)o1. The predicted octanol–water partition coefficient (Wildman–Crippen LogP) is 4.19. The van der Waals surface area contributed by atoms with Gasteiger partial charge in [-0.15, -0.1) is 10.2 Å². The van der Waals surface area contributed by atoms with E-state index in [1.54, 1.807) is 0 Å². The second kappa shape index (κ2) is 8.57.